The van der Waals surface area contributed by atoms with Crippen molar-refractivity contribution in [2.45, 2.75) is 18.9 Å². The normalized spacial score (nSPS) is 18.8. The highest BCUT2D eigenvalue weighted by atomic mass is 79.9. The fraction of sp³-hybridized carbons (Fsp3) is 0.308. The van der Waals surface area contributed by atoms with Gasteiger partial charge in [-0.1, -0.05) is 28.1 Å². The highest BCUT2D eigenvalue weighted by molar-refractivity contribution is 9.10. The number of aromatic nitrogens is 2. The fourth-order valence-electron chi connectivity index (χ4n) is 2.48. The minimum absolute atomic E-state index is 0.0174. The molecule has 0 unspecified atom stereocenters. The van der Waals surface area contributed by atoms with Gasteiger partial charge in [0, 0.05) is 11.0 Å². The van der Waals surface area contributed by atoms with Crippen LogP contribution in [0.3, 0.4) is 0 Å². The van der Waals surface area contributed by atoms with Gasteiger partial charge in [0.15, 0.2) is 5.69 Å². The topological polar surface area (TPSA) is 46.1 Å². The third-order valence-electron chi connectivity index (χ3n) is 3.33. The Balaban J connectivity index is 1.88. The molecular weight excluding hydrogens is 326 g/mol. The summed E-state index contributed by atoms with van der Waals surface area (Å²) < 4.78 is 8.98. The van der Waals surface area contributed by atoms with Gasteiger partial charge in [0.1, 0.15) is 0 Å². The van der Waals surface area contributed by atoms with Gasteiger partial charge in [0.25, 0.3) is 5.91 Å². The molecular formula is C13H12BrN3OS. The molecule has 6 heteroatoms. The van der Waals surface area contributed by atoms with Gasteiger partial charge in [0.05, 0.1) is 24.0 Å². The lowest BCUT2D eigenvalue weighted by atomic mass is 10.0. The van der Waals surface area contributed by atoms with Crippen molar-refractivity contribution in [1.82, 2.24) is 13.6 Å². The van der Waals surface area contributed by atoms with Gasteiger partial charge >= 0.3 is 0 Å². The summed E-state index contributed by atoms with van der Waals surface area (Å²) in [5.41, 5.74) is 1.62. The van der Waals surface area contributed by atoms with Crippen LogP contribution in [-0.4, -0.2) is 26.1 Å². The van der Waals surface area contributed by atoms with Crippen molar-refractivity contribution in [1.29, 1.82) is 0 Å². The van der Waals surface area contributed by atoms with Crippen LogP contribution in [0.2, 0.25) is 0 Å². The molecule has 1 aliphatic heterocycles. The van der Waals surface area contributed by atoms with Crippen molar-refractivity contribution in [2.75, 3.05) is 6.54 Å². The van der Waals surface area contributed by atoms with Gasteiger partial charge in [-0.2, -0.15) is 8.75 Å². The molecule has 0 saturated carbocycles. The lowest BCUT2D eigenvalue weighted by Gasteiger charge is -2.24. The largest absolute Gasteiger partial charge is 0.330 e. The van der Waals surface area contributed by atoms with Gasteiger partial charge in [-0.25, -0.2) is 0 Å². The van der Waals surface area contributed by atoms with E-state index in [0.717, 1.165) is 35.6 Å². The molecule has 0 radical (unpaired) electrons. The van der Waals surface area contributed by atoms with E-state index in [1.54, 1.807) is 6.20 Å². The summed E-state index contributed by atoms with van der Waals surface area (Å²) in [5.74, 6) is -0.0174. The number of halogens is 1. The molecule has 1 aliphatic rings. The summed E-state index contributed by atoms with van der Waals surface area (Å²) in [5, 5.41) is 0. The number of carbonyl (C=O) groups is 1. The maximum atomic E-state index is 12.4. The molecule has 0 bridgehead atoms. The SMILES string of the molecule is O=C(c1cnsn1)N1CCC[C@H]1c1cccc(Br)c1. The van der Waals surface area contributed by atoms with Gasteiger partial charge in [0.2, 0.25) is 0 Å². The van der Waals surface area contributed by atoms with E-state index in [2.05, 4.69) is 36.8 Å². The summed E-state index contributed by atoms with van der Waals surface area (Å²) >= 11 is 4.55. The van der Waals surface area contributed by atoms with Gasteiger partial charge in [-0.05, 0) is 30.5 Å². The number of benzene rings is 1. The van der Waals surface area contributed by atoms with Crippen molar-refractivity contribution in [3.05, 3.63) is 46.2 Å². The molecule has 4 nitrogen and oxygen atoms in total. The van der Waals surface area contributed by atoms with Crippen LogP contribution in [0.15, 0.2) is 34.9 Å². The Bertz CT molecular complexity index is 587. The Kier molecular flexibility index (Phi) is 3.61. The van der Waals surface area contributed by atoms with Crippen LogP contribution in [0.1, 0.15) is 34.9 Å². The second kappa shape index (κ2) is 5.38. The van der Waals surface area contributed by atoms with Gasteiger partial charge in [-0.3, -0.25) is 4.79 Å². The highest BCUT2D eigenvalue weighted by Crippen LogP contribution is 2.33. The number of carbonyl (C=O) groups excluding carboxylic acids is 1. The zero-order valence-electron chi connectivity index (χ0n) is 10.1. The number of likely N-dealkylation sites (tertiary alicyclic amines) is 1. The first-order valence-corrected chi connectivity index (χ1v) is 7.62. The lowest BCUT2D eigenvalue weighted by Crippen LogP contribution is -2.30. The van der Waals surface area contributed by atoms with E-state index in [0.29, 0.717) is 5.69 Å². The van der Waals surface area contributed by atoms with Crippen molar-refractivity contribution in [3.63, 3.8) is 0 Å². The number of rotatable bonds is 2. The van der Waals surface area contributed by atoms with Crippen LogP contribution in [-0.2, 0) is 0 Å². The minimum atomic E-state index is -0.0174. The third-order valence-corrected chi connectivity index (χ3v) is 4.30. The number of hydrogen-bond donors (Lipinski definition) is 0. The van der Waals surface area contributed by atoms with E-state index in [4.69, 9.17) is 0 Å². The van der Waals surface area contributed by atoms with Crippen LogP contribution in [0.25, 0.3) is 0 Å². The summed E-state index contributed by atoms with van der Waals surface area (Å²) in [7, 11) is 0. The Morgan fingerprint density at radius 3 is 3.11 bits per heavy atom. The van der Waals surface area contributed by atoms with Crippen molar-refractivity contribution >= 4 is 33.6 Å². The first kappa shape index (κ1) is 12.7. The predicted molar refractivity (Wildman–Crippen MR) is 77.1 cm³/mol. The van der Waals surface area contributed by atoms with Gasteiger partial charge < -0.3 is 4.90 Å². The Hall–Kier alpha value is -1.27. The van der Waals surface area contributed by atoms with E-state index in [1.165, 1.54) is 5.56 Å². The molecule has 98 valence electrons. The first-order valence-electron chi connectivity index (χ1n) is 6.10. The van der Waals surface area contributed by atoms with E-state index in [9.17, 15) is 4.79 Å². The molecule has 2 aromatic rings. The average molecular weight is 338 g/mol. The lowest BCUT2D eigenvalue weighted by molar-refractivity contribution is 0.0730. The Morgan fingerprint density at radius 2 is 2.37 bits per heavy atom. The van der Waals surface area contributed by atoms with Crippen molar-refractivity contribution < 1.29 is 4.79 Å². The molecule has 19 heavy (non-hydrogen) atoms. The standard InChI is InChI=1S/C13H12BrN3OS/c14-10-4-1-3-9(7-10)12-5-2-6-17(12)13(18)11-8-15-19-16-11/h1,3-4,7-8,12H,2,5-6H2/t12-/m0/s1. The van der Waals surface area contributed by atoms with Crippen LogP contribution >= 0.6 is 27.7 Å². The third kappa shape index (κ3) is 2.55. The molecule has 0 spiro atoms. The first-order chi connectivity index (χ1) is 9.25. The maximum Gasteiger partial charge on any atom is 0.275 e. The zero-order valence-corrected chi connectivity index (χ0v) is 12.5. The molecule has 1 amide bonds. The monoisotopic (exact) mass is 337 g/mol. The van der Waals surface area contributed by atoms with Crippen LogP contribution in [0.5, 0.6) is 0 Å². The minimum Gasteiger partial charge on any atom is -0.330 e. The summed E-state index contributed by atoms with van der Waals surface area (Å²) in [6.45, 7) is 0.785. The second-order valence-electron chi connectivity index (χ2n) is 4.50. The number of nitrogens with zero attached hydrogens (tertiary/aromatic N) is 3. The summed E-state index contributed by atoms with van der Waals surface area (Å²) in [6, 6.07) is 8.29. The zero-order chi connectivity index (χ0) is 13.2. The van der Waals surface area contributed by atoms with E-state index in [1.807, 2.05) is 17.0 Å². The Morgan fingerprint density at radius 1 is 1.47 bits per heavy atom. The highest BCUT2D eigenvalue weighted by Gasteiger charge is 2.31. The maximum absolute atomic E-state index is 12.4. The molecule has 1 fully saturated rings. The predicted octanol–water partition coefficient (Wildman–Crippen LogP) is 3.28. The van der Waals surface area contributed by atoms with Crippen LogP contribution in [0.4, 0.5) is 0 Å². The van der Waals surface area contributed by atoms with E-state index in [-0.39, 0.29) is 11.9 Å². The quantitative estimate of drug-likeness (QED) is 0.844. The summed E-state index contributed by atoms with van der Waals surface area (Å²) in [4.78, 5) is 14.3. The van der Waals surface area contributed by atoms with Crippen molar-refractivity contribution in [3.8, 4) is 0 Å². The summed E-state index contributed by atoms with van der Waals surface area (Å²) in [6.07, 6.45) is 3.57. The van der Waals surface area contributed by atoms with E-state index >= 15 is 0 Å². The fourth-order valence-corrected chi connectivity index (χ4v) is 3.30. The van der Waals surface area contributed by atoms with Crippen LogP contribution in [0, 0.1) is 0 Å². The van der Waals surface area contributed by atoms with Crippen molar-refractivity contribution in [2.24, 2.45) is 0 Å². The molecule has 0 aliphatic carbocycles. The molecule has 3 rings (SSSR count). The Labute approximate surface area is 123 Å². The molecule has 0 N–H and O–H groups in total. The molecule has 1 aromatic carbocycles. The molecule has 1 saturated heterocycles. The number of hydrogen-bond acceptors (Lipinski definition) is 4. The second-order valence-corrected chi connectivity index (χ2v) is 5.98. The molecule has 1 atom stereocenters. The smallest absolute Gasteiger partial charge is 0.275 e. The van der Waals surface area contributed by atoms with Crippen LogP contribution < -0.4 is 0 Å². The average Bonchev–Trinajstić information content (AvgIpc) is 3.09. The van der Waals surface area contributed by atoms with E-state index < -0.39 is 0 Å². The number of amides is 1. The molecule has 2 heterocycles. The molecule has 1 aromatic heterocycles. The van der Waals surface area contributed by atoms with Gasteiger partial charge in [-0.15, -0.1) is 0 Å².